The molecule has 1 atom stereocenters. The maximum atomic E-state index is 12.6. The van der Waals surface area contributed by atoms with Crippen LogP contribution in [0.1, 0.15) is 18.4 Å². The van der Waals surface area contributed by atoms with Crippen molar-refractivity contribution in [1.82, 2.24) is 20.2 Å². The number of ether oxygens (including phenoxy) is 1. The lowest BCUT2D eigenvalue weighted by molar-refractivity contribution is -0.146. The van der Waals surface area contributed by atoms with Crippen molar-refractivity contribution in [2.75, 3.05) is 39.3 Å². The van der Waals surface area contributed by atoms with Crippen LogP contribution in [0, 0.1) is 5.92 Å². The van der Waals surface area contributed by atoms with E-state index in [0.717, 1.165) is 32.6 Å². The molecule has 2 aliphatic heterocycles. The van der Waals surface area contributed by atoms with Gasteiger partial charge in [-0.05, 0) is 42.9 Å². The van der Waals surface area contributed by atoms with Crippen molar-refractivity contribution < 1.29 is 19.4 Å². The fraction of sp³-hybridized carbons (Fsp3) is 0.440. The molecule has 2 amide bonds. The first-order chi connectivity index (χ1) is 16.1. The summed E-state index contributed by atoms with van der Waals surface area (Å²) in [4.78, 5) is 25.8. The highest BCUT2D eigenvalue weighted by Crippen LogP contribution is 2.23. The molecule has 0 aliphatic carbocycles. The number of nitrogens with one attached hydrogen (secondary N) is 1. The molecule has 2 saturated heterocycles. The van der Waals surface area contributed by atoms with Crippen molar-refractivity contribution in [3.05, 3.63) is 66.2 Å². The number of carbonyl (C=O) groups is 2. The summed E-state index contributed by atoms with van der Waals surface area (Å²) in [5.41, 5.74) is 1.41. The van der Waals surface area contributed by atoms with E-state index in [0.29, 0.717) is 24.8 Å². The number of carbonyl (C=O) groups excluding carboxylic acids is 1. The van der Waals surface area contributed by atoms with E-state index in [2.05, 4.69) is 45.7 Å². The lowest BCUT2D eigenvalue weighted by Gasteiger charge is -2.44. The molecule has 2 heterocycles. The zero-order valence-corrected chi connectivity index (χ0v) is 18.8. The second kappa shape index (κ2) is 11.2. The number of carboxylic acid groups (broad SMARTS) is 1. The van der Waals surface area contributed by atoms with Crippen LogP contribution in [0.4, 0.5) is 4.79 Å². The topological polar surface area (TPSA) is 85.3 Å². The Bertz CT molecular complexity index is 895. The second-order valence-electron chi connectivity index (χ2n) is 8.63. The maximum absolute atomic E-state index is 12.6. The smallest absolute Gasteiger partial charge is 0.366 e. The summed E-state index contributed by atoms with van der Waals surface area (Å²) in [6.45, 7) is 4.66. The summed E-state index contributed by atoms with van der Waals surface area (Å²) in [6.07, 6.45) is 2.05. The van der Waals surface area contributed by atoms with Crippen LogP contribution in [0.15, 0.2) is 60.7 Å². The minimum atomic E-state index is -1.43. The van der Waals surface area contributed by atoms with E-state index in [1.165, 1.54) is 18.4 Å². The molecule has 4 rings (SSSR count). The first-order valence-corrected chi connectivity index (χ1v) is 11.6. The molecule has 8 nitrogen and oxygen atoms in total. The highest BCUT2D eigenvalue weighted by Gasteiger charge is 2.30. The van der Waals surface area contributed by atoms with E-state index in [1.54, 1.807) is 29.2 Å². The number of hydrogen-bond acceptors (Lipinski definition) is 5. The van der Waals surface area contributed by atoms with Crippen LogP contribution >= 0.6 is 0 Å². The predicted molar refractivity (Wildman–Crippen MR) is 125 cm³/mol. The van der Waals surface area contributed by atoms with Crippen LogP contribution in [0.25, 0.3) is 0 Å². The Morgan fingerprint density at radius 2 is 1.45 bits per heavy atom. The maximum Gasteiger partial charge on any atom is 0.366 e. The van der Waals surface area contributed by atoms with Gasteiger partial charge >= 0.3 is 12.0 Å². The van der Waals surface area contributed by atoms with Gasteiger partial charge in [-0.25, -0.2) is 19.6 Å². The Balaban J connectivity index is 1.20. The van der Waals surface area contributed by atoms with Crippen LogP contribution in [0.5, 0.6) is 5.75 Å². The van der Waals surface area contributed by atoms with Crippen molar-refractivity contribution in [3.8, 4) is 5.75 Å². The number of piperidine rings is 1. The first-order valence-electron chi connectivity index (χ1n) is 11.6. The molecule has 2 N–H and O–H groups in total. The average Bonchev–Trinajstić information content (AvgIpc) is 2.85. The van der Waals surface area contributed by atoms with Crippen molar-refractivity contribution >= 4 is 12.0 Å². The van der Waals surface area contributed by atoms with E-state index in [-0.39, 0.29) is 0 Å². The number of benzene rings is 2. The molecule has 2 aromatic rings. The van der Waals surface area contributed by atoms with Crippen molar-refractivity contribution in [1.29, 1.82) is 0 Å². The number of rotatable bonds is 7. The number of para-hydroxylation sites is 1. The Labute approximate surface area is 194 Å². The van der Waals surface area contributed by atoms with E-state index >= 15 is 0 Å². The Kier molecular flexibility index (Phi) is 7.80. The number of carboxylic acids is 1. The van der Waals surface area contributed by atoms with Gasteiger partial charge < -0.3 is 14.7 Å². The third-order valence-corrected chi connectivity index (χ3v) is 6.38. The molecule has 176 valence electrons. The van der Waals surface area contributed by atoms with Crippen LogP contribution in [0.2, 0.25) is 0 Å². The summed E-state index contributed by atoms with van der Waals surface area (Å²) in [5, 5.41) is 16.7. The van der Waals surface area contributed by atoms with Crippen molar-refractivity contribution in [2.45, 2.75) is 25.5 Å². The lowest BCUT2D eigenvalue weighted by Crippen LogP contribution is -2.59. The molecule has 8 heteroatoms. The summed E-state index contributed by atoms with van der Waals surface area (Å²) in [5.74, 6) is -0.122. The fourth-order valence-corrected chi connectivity index (χ4v) is 4.52. The zero-order valence-electron chi connectivity index (χ0n) is 18.8. The number of amides is 2. The highest BCUT2D eigenvalue weighted by atomic mass is 16.5. The normalized spacial score (nSPS) is 19.1. The van der Waals surface area contributed by atoms with Gasteiger partial charge in [0.05, 0.1) is 0 Å². The molecule has 2 fully saturated rings. The molecular weight excluding hydrogens is 420 g/mol. The van der Waals surface area contributed by atoms with Crippen molar-refractivity contribution in [3.63, 3.8) is 0 Å². The van der Waals surface area contributed by atoms with Gasteiger partial charge in [0.25, 0.3) is 6.23 Å². The van der Waals surface area contributed by atoms with Gasteiger partial charge in [0, 0.05) is 39.3 Å². The molecule has 0 bridgehead atoms. The fourth-order valence-electron chi connectivity index (χ4n) is 4.52. The summed E-state index contributed by atoms with van der Waals surface area (Å²) in [7, 11) is 0. The van der Waals surface area contributed by atoms with Crippen LogP contribution in [-0.4, -0.2) is 77.5 Å². The Morgan fingerprint density at radius 3 is 2.06 bits per heavy atom. The van der Waals surface area contributed by atoms with Gasteiger partial charge in [-0.3, -0.25) is 5.32 Å². The number of aliphatic carboxylic acids is 1. The largest absolute Gasteiger partial charge is 0.477 e. The third-order valence-electron chi connectivity index (χ3n) is 6.38. The van der Waals surface area contributed by atoms with Gasteiger partial charge in [0.1, 0.15) is 5.75 Å². The molecule has 33 heavy (non-hydrogen) atoms. The predicted octanol–water partition coefficient (Wildman–Crippen LogP) is 2.67. The Hall–Kier alpha value is -3.10. The highest BCUT2D eigenvalue weighted by molar-refractivity contribution is 5.81. The van der Waals surface area contributed by atoms with Crippen LogP contribution in [0.3, 0.4) is 0 Å². The van der Waals surface area contributed by atoms with E-state index < -0.39 is 18.2 Å². The SMILES string of the molecule is O=C(O)C(NC(=O)N1CCN(N2CCC(Cc3ccccc3)CC2)CC1)Oc1ccccc1. The molecule has 0 spiro atoms. The van der Waals surface area contributed by atoms with Gasteiger partial charge in [-0.1, -0.05) is 48.5 Å². The van der Waals surface area contributed by atoms with Crippen LogP contribution in [-0.2, 0) is 11.2 Å². The molecule has 2 aliphatic rings. The molecule has 2 aromatic carbocycles. The van der Waals surface area contributed by atoms with Gasteiger partial charge in [-0.2, -0.15) is 0 Å². The monoisotopic (exact) mass is 452 g/mol. The third kappa shape index (κ3) is 6.46. The number of nitrogens with zero attached hydrogens (tertiary/aromatic N) is 3. The Morgan fingerprint density at radius 1 is 0.879 bits per heavy atom. The second-order valence-corrected chi connectivity index (χ2v) is 8.63. The molecular formula is C25H32N4O4. The van der Waals surface area contributed by atoms with E-state index in [1.807, 2.05) is 6.07 Å². The standard InChI is InChI=1S/C25H32N4O4/c30-24(31)23(33-22-9-5-2-6-10-22)26-25(32)27-15-17-29(18-16-27)28-13-11-21(12-14-28)19-20-7-3-1-4-8-20/h1-10,21,23H,11-19H2,(H,26,32)(H,30,31). The summed E-state index contributed by atoms with van der Waals surface area (Å²) < 4.78 is 5.43. The number of piperazine rings is 1. The molecule has 0 radical (unpaired) electrons. The van der Waals surface area contributed by atoms with Crippen LogP contribution < -0.4 is 10.1 Å². The van der Waals surface area contributed by atoms with Gasteiger partial charge in [0.2, 0.25) is 0 Å². The average molecular weight is 453 g/mol. The quantitative estimate of drug-likeness (QED) is 0.629. The molecule has 0 aromatic heterocycles. The van der Waals surface area contributed by atoms with E-state index in [9.17, 15) is 14.7 Å². The van der Waals surface area contributed by atoms with E-state index in [4.69, 9.17) is 4.74 Å². The minimum Gasteiger partial charge on any atom is -0.477 e. The summed E-state index contributed by atoms with van der Waals surface area (Å²) in [6, 6.07) is 18.9. The lowest BCUT2D eigenvalue weighted by atomic mass is 9.91. The molecule has 0 saturated carbocycles. The first kappa shape index (κ1) is 23.1. The van der Waals surface area contributed by atoms with Crippen molar-refractivity contribution in [2.24, 2.45) is 5.92 Å². The molecule has 1 unspecified atom stereocenters. The number of hydrazine groups is 1. The van der Waals surface area contributed by atoms with Gasteiger partial charge in [0.15, 0.2) is 0 Å². The number of hydrogen-bond donors (Lipinski definition) is 2. The number of urea groups is 1. The summed E-state index contributed by atoms with van der Waals surface area (Å²) >= 11 is 0. The minimum absolute atomic E-state index is 0.394. The van der Waals surface area contributed by atoms with Gasteiger partial charge in [-0.15, -0.1) is 0 Å². The zero-order chi connectivity index (χ0) is 23.0.